The molecule has 4 nitrogen and oxygen atoms in total. The van der Waals surface area contributed by atoms with Crippen LogP contribution in [-0.4, -0.2) is 9.13 Å². The van der Waals surface area contributed by atoms with E-state index in [1.165, 1.54) is 109 Å². The Labute approximate surface area is 615 Å². The average molecular weight is 1350 g/mol. The van der Waals surface area contributed by atoms with E-state index in [1.807, 2.05) is 0 Å². The highest BCUT2D eigenvalue weighted by molar-refractivity contribution is 6.15. The average Bonchev–Trinajstić information content (AvgIpc) is 1.58. The van der Waals surface area contributed by atoms with E-state index in [0.717, 1.165) is 78.7 Å². The standard InChI is InChI=1S/C102H68N4/c1-3-27-79(28-4-1)103(83-53-57-85(58-54-83)105-99-61-45-75(91-35-15-23-71-19-7-11-31-87(71)91)65-95(99)96-66-76(46-62-100(96)105)92-36-16-24-72-20-8-12-32-88(72)92)81-49-41-69(42-50-81)39-40-70-43-51-82(52-44-70)104(80-29-5-2-6-30-80)84-55-59-86(60-56-84)106-101-63-47-77(93-37-17-25-73-21-9-13-33-89(73)93)67-97(101)98-68-78(48-64-102(98)106)94-38-18-26-74-22-10-14-34-90(74)94/h1-68H/b40-39+. The number of hydrogen-bond donors (Lipinski definition) is 0. The van der Waals surface area contributed by atoms with Crippen molar-refractivity contribution in [3.63, 3.8) is 0 Å². The second-order valence-corrected chi connectivity index (χ2v) is 27.6. The zero-order valence-electron chi connectivity index (χ0n) is 58.0. The van der Waals surface area contributed by atoms with E-state index < -0.39 is 0 Å². The lowest BCUT2D eigenvalue weighted by Gasteiger charge is -2.26. The molecule has 0 amide bonds. The summed E-state index contributed by atoms with van der Waals surface area (Å²) < 4.78 is 4.87. The first-order valence-corrected chi connectivity index (χ1v) is 36.4. The van der Waals surface area contributed by atoms with Crippen LogP contribution in [0.15, 0.2) is 400 Å². The van der Waals surface area contributed by atoms with Gasteiger partial charge in [-0.05, 0) is 244 Å². The van der Waals surface area contributed by atoms with Gasteiger partial charge in [-0.15, -0.1) is 0 Å². The van der Waals surface area contributed by atoms with Gasteiger partial charge in [-0.25, -0.2) is 0 Å². The van der Waals surface area contributed by atoms with Gasteiger partial charge in [-0.1, -0.05) is 267 Å². The molecule has 0 atom stereocenters. The van der Waals surface area contributed by atoms with E-state index in [2.05, 4.69) is 431 Å². The molecule has 18 aromatic carbocycles. The molecule has 0 N–H and O–H groups in total. The van der Waals surface area contributed by atoms with Gasteiger partial charge in [0.2, 0.25) is 0 Å². The fourth-order valence-corrected chi connectivity index (χ4v) is 16.4. The number of aromatic nitrogens is 2. The summed E-state index contributed by atoms with van der Waals surface area (Å²) in [7, 11) is 0. The van der Waals surface area contributed by atoms with Crippen LogP contribution in [0.2, 0.25) is 0 Å². The zero-order valence-corrected chi connectivity index (χ0v) is 58.0. The number of anilines is 6. The maximum atomic E-state index is 2.44. The molecule has 0 unspecified atom stereocenters. The van der Waals surface area contributed by atoms with Gasteiger partial charge in [0.05, 0.1) is 22.1 Å². The molecule has 0 spiro atoms. The van der Waals surface area contributed by atoms with Crippen LogP contribution in [0.25, 0.3) is 155 Å². The number of para-hydroxylation sites is 2. The Hall–Kier alpha value is -14.1. The van der Waals surface area contributed by atoms with Crippen LogP contribution in [0.1, 0.15) is 11.1 Å². The van der Waals surface area contributed by atoms with Crippen LogP contribution in [-0.2, 0) is 0 Å². The normalized spacial score (nSPS) is 11.7. The fraction of sp³-hybridized carbons (Fsp3) is 0. The number of hydrogen-bond acceptors (Lipinski definition) is 2. The summed E-state index contributed by atoms with van der Waals surface area (Å²) in [6.45, 7) is 0. The third kappa shape index (κ3) is 10.9. The van der Waals surface area contributed by atoms with Crippen LogP contribution in [0.5, 0.6) is 0 Å². The topological polar surface area (TPSA) is 16.3 Å². The van der Waals surface area contributed by atoms with Crippen molar-refractivity contribution in [1.82, 2.24) is 9.13 Å². The minimum Gasteiger partial charge on any atom is -0.311 e. The molecule has 20 aromatic rings. The van der Waals surface area contributed by atoms with Crippen molar-refractivity contribution in [1.29, 1.82) is 0 Å². The fourth-order valence-electron chi connectivity index (χ4n) is 16.4. The largest absolute Gasteiger partial charge is 0.311 e. The molecule has 0 radical (unpaired) electrons. The van der Waals surface area contributed by atoms with Crippen LogP contribution in [0, 0.1) is 0 Å². The Balaban J connectivity index is 0.596. The lowest BCUT2D eigenvalue weighted by Crippen LogP contribution is -2.10. The number of rotatable bonds is 14. The molecule has 0 aliphatic rings. The number of fused-ring (bicyclic) bond motifs is 10. The summed E-state index contributed by atoms with van der Waals surface area (Å²) in [6, 6.07) is 147. The minimum absolute atomic E-state index is 1.07. The Bertz CT molecular complexity index is 6080. The zero-order chi connectivity index (χ0) is 70.0. The van der Waals surface area contributed by atoms with Gasteiger partial charge in [0.25, 0.3) is 0 Å². The highest BCUT2D eigenvalue weighted by atomic mass is 15.1. The summed E-state index contributed by atoms with van der Waals surface area (Å²) in [5.41, 5.74) is 25.2. The van der Waals surface area contributed by atoms with Gasteiger partial charge in [0.1, 0.15) is 0 Å². The van der Waals surface area contributed by atoms with E-state index >= 15 is 0 Å². The maximum Gasteiger partial charge on any atom is 0.0541 e. The van der Waals surface area contributed by atoms with Gasteiger partial charge < -0.3 is 18.9 Å². The molecular weight excluding hydrogens is 1280 g/mol. The summed E-state index contributed by atoms with van der Waals surface area (Å²) in [4.78, 5) is 4.69. The van der Waals surface area contributed by atoms with Crippen molar-refractivity contribution in [3.05, 3.63) is 412 Å². The van der Waals surface area contributed by atoms with Crippen molar-refractivity contribution in [2.45, 2.75) is 0 Å². The van der Waals surface area contributed by atoms with Crippen molar-refractivity contribution < 1.29 is 0 Å². The second-order valence-electron chi connectivity index (χ2n) is 27.6. The third-order valence-electron chi connectivity index (χ3n) is 21.5. The summed E-state index contributed by atoms with van der Waals surface area (Å²) in [5.74, 6) is 0. The predicted octanol–water partition coefficient (Wildman–Crippen LogP) is 28.3. The molecule has 2 aromatic heterocycles. The first kappa shape index (κ1) is 61.8. The van der Waals surface area contributed by atoms with E-state index in [0.29, 0.717) is 0 Å². The maximum absolute atomic E-state index is 2.44. The Kier molecular flexibility index (Phi) is 15.2. The lowest BCUT2D eigenvalue weighted by atomic mass is 9.95. The van der Waals surface area contributed by atoms with E-state index in [4.69, 9.17) is 0 Å². The van der Waals surface area contributed by atoms with Crippen molar-refractivity contribution in [2.24, 2.45) is 0 Å². The van der Waals surface area contributed by atoms with Gasteiger partial charge in [-0.3, -0.25) is 0 Å². The first-order chi connectivity index (χ1) is 52.5. The predicted molar refractivity (Wildman–Crippen MR) is 452 cm³/mol. The minimum atomic E-state index is 1.07. The summed E-state index contributed by atoms with van der Waals surface area (Å²) >= 11 is 0. The molecule has 0 saturated carbocycles. The lowest BCUT2D eigenvalue weighted by molar-refractivity contribution is 1.17. The summed E-state index contributed by atoms with van der Waals surface area (Å²) in [6.07, 6.45) is 4.42. The number of nitrogens with zero attached hydrogens (tertiary/aromatic N) is 4. The smallest absolute Gasteiger partial charge is 0.0541 e. The Morgan fingerprint density at radius 2 is 0.415 bits per heavy atom. The Morgan fingerprint density at radius 3 is 0.698 bits per heavy atom. The summed E-state index contributed by atoms with van der Waals surface area (Å²) in [5, 5.41) is 14.8. The first-order valence-electron chi connectivity index (χ1n) is 36.4. The molecule has 2 heterocycles. The van der Waals surface area contributed by atoms with Crippen LogP contribution >= 0.6 is 0 Å². The molecule has 0 saturated heterocycles. The molecule has 106 heavy (non-hydrogen) atoms. The molecule has 0 aliphatic heterocycles. The Morgan fingerprint density at radius 1 is 0.179 bits per heavy atom. The number of benzene rings is 18. The van der Waals surface area contributed by atoms with E-state index in [-0.39, 0.29) is 0 Å². The SMILES string of the molecule is C(=C\c1ccc(N(c2ccccc2)c2ccc(-n3c4ccc(-c5cccc6ccccc56)cc4c4cc(-c5cccc6ccccc56)ccc43)cc2)cc1)/c1ccc(N(c2ccccc2)c2ccc(-n3c4ccc(-c5cccc6ccccc56)cc4c4cc(-c5cccc6ccccc56)ccc43)cc2)cc1. The van der Waals surface area contributed by atoms with E-state index in [1.54, 1.807) is 0 Å². The molecule has 20 rings (SSSR count). The highest BCUT2D eigenvalue weighted by Crippen LogP contribution is 2.45. The monoisotopic (exact) mass is 1350 g/mol. The quantitative estimate of drug-likeness (QED) is 0.101. The highest BCUT2D eigenvalue weighted by Gasteiger charge is 2.22. The second kappa shape index (κ2) is 26.1. The molecule has 4 heteroatoms. The van der Waals surface area contributed by atoms with Crippen molar-refractivity contribution >= 4 is 133 Å². The van der Waals surface area contributed by atoms with Gasteiger partial charge in [0, 0.05) is 67.0 Å². The molecular formula is C102H68N4. The molecule has 496 valence electrons. The third-order valence-corrected chi connectivity index (χ3v) is 21.5. The van der Waals surface area contributed by atoms with Crippen LogP contribution in [0.4, 0.5) is 34.1 Å². The van der Waals surface area contributed by atoms with Crippen LogP contribution in [0.3, 0.4) is 0 Å². The molecule has 0 bridgehead atoms. The van der Waals surface area contributed by atoms with Crippen LogP contribution < -0.4 is 9.80 Å². The van der Waals surface area contributed by atoms with Gasteiger partial charge >= 0.3 is 0 Å². The molecule has 0 aliphatic carbocycles. The van der Waals surface area contributed by atoms with E-state index in [9.17, 15) is 0 Å². The molecule has 0 fully saturated rings. The van der Waals surface area contributed by atoms with Crippen molar-refractivity contribution in [3.8, 4) is 55.9 Å². The van der Waals surface area contributed by atoms with Gasteiger partial charge in [0.15, 0.2) is 0 Å². The van der Waals surface area contributed by atoms with Crippen molar-refractivity contribution in [2.75, 3.05) is 9.80 Å². The van der Waals surface area contributed by atoms with Gasteiger partial charge in [-0.2, -0.15) is 0 Å².